The molecule has 0 bridgehead atoms. The van der Waals surface area contributed by atoms with E-state index in [0.29, 0.717) is 5.69 Å². The zero-order chi connectivity index (χ0) is 17.0. The summed E-state index contributed by atoms with van der Waals surface area (Å²) in [6.07, 6.45) is 0. The van der Waals surface area contributed by atoms with E-state index in [1.54, 1.807) is 37.0 Å². The summed E-state index contributed by atoms with van der Waals surface area (Å²) in [5.74, 6) is -2.07. The zero-order valence-electron chi connectivity index (χ0n) is 12.7. The van der Waals surface area contributed by atoms with Gasteiger partial charge in [-0.1, -0.05) is 24.3 Å². The van der Waals surface area contributed by atoms with Gasteiger partial charge in [0.15, 0.2) is 0 Å². The maximum absolute atomic E-state index is 13.0. The summed E-state index contributed by atoms with van der Waals surface area (Å²) in [6.45, 7) is -0.111. The number of anilines is 1. The molecular weight excluding hydrogens is 296 g/mol. The number of hydrogen-bond donors (Lipinski definition) is 2. The van der Waals surface area contributed by atoms with Crippen molar-refractivity contribution in [2.75, 3.05) is 11.4 Å². The molecule has 5 nitrogen and oxygen atoms in total. The Morgan fingerprint density at radius 3 is 1.91 bits per heavy atom. The van der Waals surface area contributed by atoms with Crippen LogP contribution >= 0.6 is 0 Å². The zero-order valence-corrected chi connectivity index (χ0v) is 12.7. The third-order valence-corrected chi connectivity index (χ3v) is 3.58. The number of carbonyl (C=O) groups is 2. The lowest BCUT2D eigenvalue weighted by atomic mass is 9.93. The molecule has 0 aromatic heterocycles. The molecule has 0 fully saturated rings. The van der Waals surface area contributed by atoms with Crippen molar-refractivity contribution in [1.82, 2.24) is 0 Å². The summed E-state index contributed by atoms with van der Waals surface area (Å²) in [5, 5.41) is 0. The third kappa shape index (κ3) is 4.09. The van der Waals surface area contributed by atoms with E-state index in [4.69, 9.17) is 11.5 Å². The van der Waals surface area contributed by atoms with Gasteiger partial charge < -0.3 is 16.4 Å². The molecule has 0 unspecified atom stereocenters. The highest BCUT2D eigenvalue weighted by atomic mass is 19.1. The van der Waals surface area contributed by atoms with Gasteiger partial charge in [0.05, 0.1) is 12.5 Å². The molecule has 0 aliphatic heterocycles. The molecule has 0 saturated heterocycles. The lowest BCUT2D eigenvalue weighted by molar-refractivity contribution is -0.118. The minimum atomic E-state index is -0.667. The van der Waals surface area contributed by atoms with Gasteiger partial charge in [0.2, 0.25) is 11.8 Å². The van der Waals surface area contributed by atoms with Crippen LogP contribution in [0.5, 0.6) is 0 Å². The minimum Gasteiger partial charge on any atom is -0.369 e. The van der Waals surface area contributed by atoms with Crippen molar-refractivity contribution in [1.29, 1.82) is 0 Å². The van der Waals surface area contributed by atoms with Crippen molar-refractivity contribution in [3.63, 3.8) is 0 Å². The van der Waals surface area contributed by atoms with Crippen molar-refractivity contribution in [2.45, 2.75) is 5.94 Å². The average molecular weight is 313 g/mol. The number of rotatable bonds is 6. The monoisotopic (exact) mass is 313 g/mol. The molecule has 1 atom stereocenters. The van der Waals surface area contributed by atoms with Crippen LogP contribution in [0.1, 0.15) is 0 Å². The Morgan fingerprint density at radius 1 is 1.00 bits per heavy atom. The molecular formula is C16H17BFN3O2. The predicted octanol–water partition coefficient (Wildman–Crippen LogP) is 0.229. The van der Waals surface area contributed by atoms with Gasteiger partial charge in [-0.05, 0) is 35.4 Å². The lowest BCUT2D eigenvalue weighted by Gasteiger charge is -2.28. The number of amides is 2. The maximum Gasteiger partial charge on any atom is 0.236 e. The van der Waals surface area contributed by atoms with Crippen LogP contribution in [0.2, 0.25) is 0 Å². The fourth-order valence-corrected chi connectivity index (χ4v) is 2.26. The lowest BCUT2D eigenvalue weighted by Crippen LogP contribution is -2.48. The fraction of sp³-hybridized carbons (Fsp3) is 0.125. The first-order chi connectivity index (χ1) is 10.9. The van der Waals surface area contributed by atoms with E-state index in [1.807, 2.05) is 12.1 Å². The molecule has 118 valence electrons. The number of nitrogens with two attached hydrogens (primary N) is 2. The van der Waals surface area contributed by atoms with Crippen LogP contribution in [0.15, 0.2) is 48.5 Å². The molecule has 0 spiro atoms. The first kappa shape index (κ1) is 16.5. The Hall–Kier alpha value is -2.83. The van der Waals surface area contributed by atoms with Gasteiger partial charge in [-0.3, -0.25) is 9.59 Å². The molecule has 2 aromatic carbocycles. The van der Waals surface area contributed by atoms with Crippen molar-refractivity contribution in [2.24, 2.45) is 11.5 Å². The van der Waals surface area contributed by atoms with Crippen LogP contribution in [-0.2, 0) is 9.59 Å². The highest BCUT2D eigenvalue weighted by Crippen LogP contribution is 2.24. The summed E-state index contributed by atoms with van der Waals surface area (Å²) in [4.78, 5) is 24.2. The Kier molecular flexibility index (Phi) is 5.00. The van der Waals surface area contributed by atoms with Gasteiger partial charge in [-0.2, -0.15) is 0 Å². The number of carbonyl (C=O) groups excluding carboxylic acids is 2. The van der Waals surface area contributed by atoms with E-state index in [9.17, 15) is 14.0 Å². The first-order valence-corrected chi connectivity index (χ1v) is 7.08. The minimum absolute atomic E-state index is 0.111. The summed E-state index contributed by atoms with van der Waals surface area (Å²) in [5.41, 5.74) is 13.0. The van der Waals surface area contributed by atoms with Gasteiger partial charge in [0.1, 0.15) is 13.7 Å². The van der Waals surface area contributed by atoms with E-state index in [1.165, 1.54) is 12.1 Å². The Morgan fingerprint density at radius 2 is 1.48 bits per heavy atom. The predicted molar refractivity (Wildman–Crippen MR) is 89.9 cm³/mol. The second-order valence-corrected chi connectivity index (χ2v) is 5.23. The van der Waals surface area contributed by atoms with Crippen molar-refractivity contribution < 1.29 is 14.0 Å². The Labute approximate surface area is 134 Å². The van der Waals surface area contributed by atoms with Crippen LogP contribution in [0.4, 0.5) is 10.1 Å². The van der Waals surface area contributed by atoms with Gasteiger partial charge in [0, 0.05) is 5.69 Å². The number of halogens is 1. The van der Waals surface area contributed by atoms with Gasteiger partial charge in [0.25, 0.3) is 0 Å². The van der Waals surface area contributed by atoms with Crippen LogP contribution in [-0.4, -0.2) is 32.1 Å². The number of benzene rings is 2. The first-order valence-electron chi connectivity index (χ1n) is 7.08. The van der Waals surface area contributed by atoms with Crippen LogP contribution in [0, 0.1) is 5.82 Å². The fourth-order valence-electron chi connectivity index (χ4n) is 2.26. The van der Waals surface area contributed by atoms with Gasteiger partial charge >= 0.3 is 0 Å². The topological polar surface area (TPSA) is 89.4 Å². The molecule has 0 heterocycles. The second-order valence-electron chi connectivity index (χ2n) is 5.23. The van der Waals surface area contributed by atoms with Crippen LogP contribution in [0.25, 0.3) is 11.1 Å². The summed E-state index contributed by atoms with van der Waals surface area (Å²) >= 11 is 0. The molecule has 4 N–H and O–H groups in total. The van der Waals surface area contributed by atoms with E-state index in [-0.39, 0.29) is 12.4 Å². The molecule has 23 heavy (non-hydrogen) atoms. The molecule has 2 amide bonds. The molecule has 2 aromatic rings. The quantitative estimate of drug-likeness (QED) is 0.748. The molecule has 0 aliphatic rings. The standard InChI is InChI=1S/C16H17BFN3O2/c17-15(16(20)23)21(9-14(19)22)13-7-3-11(4-8-13)10-1-5-12(18)6-2-10/h1-8,15H,9,17H2,(H2,19,22)(H2,20,23)/t15-/m0/s1. The van der Waals surface area contributed by atoms with Gasteiger partial charge in [-0.25, -0.2) is 4.39 Å². The third-order valence-electron chi connectivity index (χ3n) is 3.58. The van der Waals surface area contributed by atoms with Gasteiger partial charge in [-0.15, -0.1) is 0 Å². The molecule has 0 aliphatic carbocycles. The SMILES string of the molecule is B[C@H](C(N)=O)N(CC(N)=O)c1ccc(-c2ccc(F)cc2)cc1. The van der Waals surface area contributed by atoms with E-state index < -0.39 is 17.8 Å². The highest BCUT2D eigenvalue weighted by molar-refractivity contribution is 6.25. The number of primary amides is 2. The smallest absolute Gasteiger partial charge is 0.236 e. The van der Waals surface area contributed by atoms with Crippen LogP contribution < -0.4 is 16.4 Å². The summed E-state index contributed by atoms with van der Waals surface area (Å²) in [7, 11) is 1.61. The largest absolute Gasteiger partial charge is 0.369 e. The highest BCUT2D eigenvalue weighted by Gasteiger charge is 2.20. The molecule has 0 radical (unpaired) electrons. The van der Waals surface area contributed by atoms with E-state index >= 15 is 0 Å². The molecule has 0 saturated carbocycles. The van der Waals surface area contributed by atoms with E-state index in [0.717, 1.165) is 11.1 Å². The normalized spacial score (nSPS) is 11.7. The summed E-state index contributed by atoms with van der Waals surface area (Å²) < 4.78 is 13.0. The summed E-state index contributed by atoms with van der Waals surface area (Å²) in [6, 6.07) is 13.3. The van der Waals surface area contributed by atoms with Crippen molar-refractivity contribution in [3.05, 3.63) is 54.3 Å². The number of hydrogen-bond acceptors (Lipinski definition) is 3. The van der Waals surface area contributed by atoms with E-state index in [2.05, 4.69) is 0 Å². The van der Waals surface area contributed by atoms with Crippen molar-refractivity contribution >= 4 is 25.3 Å². The molecule has 7 heteroatoms. The maximum atomic E-state index is 13.0. The van der Waals surface area contributed by atoms with Crippen LogP contribution in [0.3, 0.4) is 0 Å². The second kappa shape index (κ2) is 6.96. The Balaban J connectivity index is 2.29. The Bertz CT molecular complexity index is 704. The number of nitrogens with zero attached hydrogens (tertiary/aromatic N) is 1. The molecule has 2 rings (SSSR count). The van der Waals surface area contributed by atoms with Crippen molar-refractivity contribution in [3.8, 4) is 11.1 Å². The average Bonchev–Trinajstić information content (AvgIpc) is 2.52.